The zero-order valence-corrected chi connectivity index (χ0v) is 13.1. The second-order valence-corrected chi connectivity index (χ2v) is 6.12. The van der Waals surface area contributed by atoms with Crippen molar-refractivity contribution in [2.24, 2.45) is 5.92 Å². The molecule has 0 unspecified atom stereocenters. The highest BCUT2D eigenvalue weighted by molar-refractivity contribution is 6.06. The molecule has 0 aliphatic heterocycles. The molecule has 1 N–H and O–H groups in total. The van der Waals surface area contributed by atoms with E-state index in [1.54, 1.807) is 45.2 Å². The summed E-state index contributed by atoms with van der Waals surface area (Å²) in [6, 6.07) is 6.68. The number of hydrogen-bond donors (Lipinski definition) is 1. The molecule has 1 aliphatic rings. The van der Waals surface area contributed by atoms with E-state index in [4.69, 9.17) is 4.74 Å². The summed E-state index contributed by atoms with van der Waals surface area (Å²) in [5.41, 5.74) is -0.435. The van der Waals surface area contributed by atoms with Crippen molar-refractivity contribution in [3.8, 4) is 5.75 Å². The Morgan fingerprint density at radius 3 is 2.18 bits per heavy atom. The number of hydrogen-bond acceptors (Lipinski definition) is 4. The molecule has 1 saturated carbocycles. The van der Waals surface area contributed by atoms with Crippen molar-refractivity contribution in [1.29, 1.82) is 0 Å². The van der Waals surface area contributed by atoms with Gasteiger partial charge in [0.25, 0.3) is 5.91 Å². The zero-order valence-electron chi connectivity index (χ0n) is 13.1. The Morgan fingerprint density at radius 2 is 1.68 bits per heavy atom. The number of Topliss-reactive ketones (excluding diaryl/α,β-unsaturated/α-hetero) is 2. The largest absolute Gasteiger partial charge is 0.497 e. The predicted molar refractivity (Wildman–Crippen MR) is 81.9 cm³/mol. The highest BCUT2D eigenvalue weighted by Crippen LogP contribution is 2.27. The van der Waals surface area contributed by atoms with Crippen LogP contribution in [-0.2, 0) is 9.59 Å². The third-order valence-corrected chi connectivity index (χ3v) is 4.00. The van der Waals surface area contributed by atoms with Gasteiger partial charge in [-0.05, 0) is 44.5 Å². The van der Waals surface area contributed by atoms with E-state index in [0.29, 0.717) is 30.6 Å². The lowest BCUT2D eigenvalue weighted by atomic mass is 9.75. The average Bonchev–Trinajstić information content (AvgIpc) is 2.46. The molecule has 0 bridgehead atoms. The van der Waals surface area contributed by atoms with Crippen LogP contribution in [0.25, 0.3) is 0 Å². The van der Waals surface area contributed by atoms with Crippen LogP contribution in [0.15, 0.2) is 24.3 Å². The van der Waals surface area contributed by atoms with Crippen molar-refractivity contribution in [2.75, 3.05) is 7.11 Å². The Bertz CT molecular complexity index is 573. The highest BCUT2D eigenvalue weighted by atomic mass is 16.5. The van der Waals surface area contributed by atoms with Crippen LogP contribution in [0.2, 0.25) is 0 Å². The first-order chi connectivity index (χ1) is 10.3. The minimum Gasteiger partial charge on any atom is -0.497 e. The molecule has 1 amide bonds. The van der Waals surface area contributed by atoms with E-state index in [9.17, 15) is 14.4 Å². The molecular weight excluding hydrogens is 282 g/mol. The smallest absolute Gasteiger partial charge is 0.251 e. The number of ketones is 2. The second kappa shape index (κ2) is 6.30. The first-order valence-electron chi connectivity index (χ1n) is 7.37. The van der Waals surface area contributed by atoms with Gasteiger partial charge in [0, 0.05) is 18.4 Å². The Hall–Kier alpha value is -2.17. The minimum atomic E-state index is -0.897. The Kier molecular flexibility index (Phi) is 4.64. The van der Waals surface area contributed by atoms with E-state index in [1.165, 1.54) is 0 Å². The van der Waals surface area contributed by atoms with Crippen LogP contribution >= 0.6 is 0 Å². The summed E-state index contributed by atoms with van der Waals surface area (Å²) < 4.78 is 5.05. The van der Waals surface area contributed by atoms with Crippen LogP contribution in [0.5, 0.6) is 5.75 Å². The number of carbonyl (C=O) groups is 3. The highest BCUT2D eigenvalue weighted by Gasteiger charge is 2.42. The summed E-state index contributed by atoms with van der Waals surface area (Å²) >= 11 is 0. The van der Waals surface area contributed by atoms with Crippen molar-refractivity contribution in [3.05, 3.63) is 29.8 Å². The lowest BCUT2D eigenvalue weighted by Gasteiger charge is -2.35. The molecule has 1 aromatic carbocycles. The van der Waals surface area contributed by atoms with E-state index >= 15 is 0 Å². The van der Waals surface area contributed by atoms with Crippen molar-refractivity contribution in [2.45, 2.75) is 38.6 Å². The predicted octanol–water partition coefficient (Wildman–Crippen LogP) is 2.14. The van der Waals surface area contributed by atoms with Crippen molar-refractivity contribution >= 4 is 17.5 Å². The SMILES string of the molecule is COc1ccc(C(=O)NC(C)(C)C2C(=O)CCCC2=O)cc1. The molecule has 0 radical (unpaired) electrons. The van der Waals surface area contributed by atoms with Gasteiger partial charge in [-0.1, -0.05) is 0 Å². The average molecular weight is 303 g/mol. The molecule has 5 nitrogen and oxygen atoms in total. The van der Waals surface area contributed by atoms with Gasteiger partial charge in [-0.25, -0.2) is 0 Å². The van der Waals surface area contributed by atoms with E-state index in [-0.39, 0.29) is 17.5 Å². The van der Waals surface area contributed by atoms with Crippen LogP contribution in [0, 0.1) is 5.92 Å². The fraction of sp³-hybridized carbons (Fsp3) is 0.471. The topological polar surface area (TPSA) is 72.5 Å². The summed E-state index contributed by atoms with van der Waals surface area (Å²) in [6.07, 6.45) is 1.41. The van der Waals surface area contributed by atoms with Gasteiger partial charge >= 0.3 is 0 Å². The maximum atomic E-state index is 12.3. The summed E-state index contributed by atoms with van der Waals surface area (Å²) in [5.74, 6) is -0.580. The normalized spacial score (nSPS) is 16.5. The van der Waals surface area contributed by atoms with Crippen molar-refractivity contribution in [1.82, 2.24) is 5.32 Å². The maximum absolute atomic E-state index is 12.3. The molecule has 0 spiro atoms. The van der Waals surface area contributed by atoms with E-state index in [1.807, 2.05) is 0 Å². The minimum absolute atomic E-state index is 0.0868. The summed E-state index contributed by atoms with van der Waals surface area (Å²) in [7, 11) is 1.55. The van der Waals surface area contributed by atoms with Crippen LogP contribution < -0.4 is 10.1 Å². The molecule has 5 heteroatoms. The van der Waals surface area contributed by atoms with Crippen molar-refractivity contribution < 1.29 is 19.1 Å². The fourth-order valence-corrected chi connectivity index (χ4v) is 2.89. The summed E-state index contributed by atoms with van der Waals surface area (Å²) in [6.45, 7) is 3.44. The third-order valence-electron chi connectivity index (χ3n) is 4.00. The molecule has 0 saturated heterocycles. The Balaban J connectivity index is 2.14. The van der Waals surface area contributed by atoms with E-state index in [0.717, 1.165) is 0 Å². The number of carbonyl (C=O) groups excluding carboxylic acids is 3. The first kappa shape index (κ1) is 16.2. The second-order valence-electron chi connectivity index (χ2n) is 6.12. The van der Waals surface area contributed by atoms with E-state index in [2.05, 4.69) is 5.32 Å². The standard InChI is InChI=1S/C17H21NO4/c1-17(2,15-13(19)5-4-6-14(15)20)18-16(21)11-7-9-12(22-3)10-8-11/h7-10,15H,4-6H2,1-3H3,(H,18,21). The molecule has 22 heavy (non-hydrogen) atoms. The fourth-order valence-electron chi connectivity index (χ4n) is 2.89. The lowest BCUT2D eigenvalue weighted by Crippen LogP contribution is -2.55. The molecule has 2 rings (SSSR count). The molecule has 1 aromatic rings. The van der Waals surface area contributed by atoms with Crippen LogP contribution in [0.4, 0.5) is 0 Å². The zero-order chi connectivity index (χ0) is 16.3. The molecule has 0 aromatic heterocycles. The number of methoxy groups -OCH3 is 1. The van der Waals surface area contributed by atoms with Gasteiger partial charge in [0.2, 0.25) is 0 Å². The number of benzene rings is 1. The van der Waals surface area contributed by atoms with E-state index < -0.39 is 11.5 Å². The van der Waals surface area contributed by atoms with Gasteiger partial charge in [0.1, 0.15) is 17.3 Å². The maximum Gasteiger partial charge on any atom is 0.251 e. The van der Waals surface area contributed by atoms with Gasteiger partial charge in [0.05, 0.1) is 18.6 Å². The molecular formula is C17H21NO4. The quantitative estimate of drug-likeness (QED) is 0.865. The summed E-state index contributed by atoms with van der Waals surface area (Å²) in [5, 5.41) is 2.82. The van der Waals surface area contributed by atoms with Gasteiger partial charge in [-0.3, -0.25) is 14.4 Å². The molecule has 0 atom stereocenters. The molecule has 0 heterocycles. The lowest BCUT2D eigenvalue weighted by molar-refractivity contribution is -0.138. The van der Waals surface area contributed by atoms with Gasteiger partial charge in [-0.15, -0.1) is 0 Å². The number of rotatable bonds is 4. The number of ether oxygens (including phenoxy) is 1. The first-order valence-corrected chi connectivity index (χ1v) is 7.37. The Morgan fingerprint density at radius 1 is 1.14 bits per heavy atom. The van der Waals surface area contributed by atoms with Crippen LogP contribution in [0.3, 0.4) is 0 Å². The monoisotopic (exact) mass is 303 g/mol. The Labute approximate surface area is 130 Å². The van der Waals surface area contributed by atoms with Gasteiger partial charge in [0.15, 0.2) is 0 Å². The molecule has 1 fully saturated rings. The van der Waals surface area contributed by atoms with Crippen LogP contribution in [0.1, 0.15) is 43.5 Å². The third kappa shape index (κ3) is 3.35. The molecule has 1 aliphatic carbocycles. The van der Waals surface area contributed by atoms with Crippen molar-refractivity contribution in [3.63, 3.8) is 0 Å². The van der Waals surface area contributed by atoms with Gasteiger partial charge < -0.3 is 10.1 Å². The van der Waals surface area contributed by atoms with Crippen LogP contribution in [-0.4, -0.2) is 30.1 Å². The number of nitrogens with one attached hydrogen (secondary N) is 1. The molecule has 118 valence electrons. The van der Waals surface area contributed by atoms with Gasteiger partial charge in [-0.2, -0.15) is 0 Å². The summed E-state index contributed by atoms with van der Waals surface area (Å²) in [4.78, 5) is 36.5. The number of amides is 1.